The smallest absolute Gasteiger partial charge is 0.249 e. The van der Waals surface area contributed by atoms with E-state index in [0.717, 1.165) is 18.4 Å². The van der Waals surface area contributed by atoms with Crippen LogP contribution in [0.5, 0.6) is 5.75 Å². The molecule has 0 spiro atoms. The molecular weight excluding hydrogens is 436 g/mol. The molecular formula is C23H29ClN2O4S. The molecule has 1 aliphatic heterocycles. The number of hydrogen-bond donors (Lipinski definition) is 0. The van der Waals surface area contributed by atoms with E-state index in [1.165, 1.54) is 12.0 Å². The zero-order valence-corrected chi connectivity index (χ0v) is 19.7. The number of rotatable bonds is 9. The lowest BCUT2D eigenvalue weighted by atomic mass is 10.00. The number of thiophene rings is 1. The van der Waals surface area contributed by atoms with Crippen molar-refractivity contribution in [2.45, 2.75) is 38.8 Å². The molecule has 1 aromatic heterocycles. The predicted molar refractivity (Wildman–Crippen MR) is 123 cm³/mol. The summed E-state index contributed by atoms with van der Waals surface area (Å²) in [6.45, 7) is 4.91. The van der Waals surface area contributed by atoms with E-state index < -0.39 is 0 Å². The van der Waals surface area contributed by atoms with Crippen LogP contribution in [-0.4, -0.2) is 61.1 Å². The Hall–Kier alpha value is -2.09. The number of nitrogens with zero attached hydrogens (tertiary/aromatic N) is 2. The Balaban J connectivity index is 1.77. The Kier molecular flexibility index (Phi) is 8.35. The van der Waals surface area contributed by atoms with Gasteiger partial charge in [0.2, 0.25) is 11.8 Å². The third-order valence-electron chi connectivity index (χ3n) is 5.65. The first kappa shape index (κ1) is 23.6. The summed E-state index contributed by atoms with van der Waals surface area (Å²) in [4.78, 5) is 30.6. The van der Waals surface area contributed by atoms with Gasteiger partial charge in [0.15, 0.2) is 0 Å². The number of amides is 2. The molecule has 0 N–H and O–H groups in total. The average molecular weight is 465 g/mol. The van der Waals surface area contributed by atoms with E-state index in [1.54, 1.807) is 28.4 Å². The molecule has 2 atom stereocenters. The summed E-state index contributed by atoms with van der Waals surface area (Å²) >= 11 is 7.67. The van der Waals surface area contributed by atoms with Gasteiger partial charge in [0.25, 0.3) is 0 Å². The molecule has 3 rings (SSSR count). The van der Waals surface area contributed by atoms with Gasteiger partial charge in [-0.1, -0.05) is 18.5 Å². The largest absolute Gasteiger partial charge is 0.491 e. The third-order valence-corrected chi connectivity index (χ3v) is 6.90. The highest BCUT2D eigenvalue weighted by molar-refractivity contribution is 7.10. The maximum atomic E-state index is 13.4. The molecule has 2 aromatic rings. The average Bonchev–Trinajstić information content (AvgIpc) is 3.25. The van der Waals surface area contributed by atoms with Crippen LogP contribution in [-0.2, 0) is 20.7 Å². The summed E-state index contributed by atoms with van der Waals surface area (Å²) in [7, 11) is 1.49. The lowest BCUT2D eigenvalue weighted by Crippen LogP contribution is -2.50. The minimum atomic E-state index is -0.200. The zero-order valence-electron chi connectivity index (χ0n) is 18.2. The van der Waals surface area contributed by atoms with Gasteiger partial charge in [-0.15, -0.1) is 11.3 Å². The molecule has 168 valence electrons. The van der Waals surface area contributed by atoms with Crippen LogP contribution in [0.4, 0.5) is 0 Å². The van der Waals surface area contributed by atoms with Gasteiger partial charge in [-0.3, -0.25) is 9.59 Å². The van der Waals surface area contributed by atoms with Gasteiger partial charge in [0, 0.05) is 29.6 Å². The van der Waals surface area contributed by atoms with Crippen molar-refractivity contribution in [1.29, 1.82) is 0 Å². The molecule has 0 radical (unpaired) electrons. The molecule has 1 aliphatic rings. The number of fused-ring (bicyclic) bond motifs is 1. The second kappa shape index (κ2) is 11.0. The number of halogens is 1. The van der Waals surface area contributed by atoms with Crippen molar-refractivity contribution in [2.75, 3.05) is 33.4 Å². The molecule has 8 heteroatoms. The molecule has 31 heavy (non-hydrogen) atoms. The van der Waals surface area contributed by atoms with Crippen LogP contribution >= 0.6 is 22.9 Å². The maximum absolute atomic E-state index is 13.4. The molecule has 6 nitrogen and oxygen atoms in total. The SMILES string of the molecule is CC[C@@H](C)N(CC(=O)N1CCc2sccc2[C@H]1COc1ccc(Cl)cc1)C(=O)COC. The van der Waals surface area contributed by atoms with Crippen LogP contribution in [0, 0.1) is 0 Å². The Labute approximate surface area is 192 Å². The second-order valence-corrected chi connectivity index (χ2v) is 9.07. The van der Waals surface area contributed by atoms with E-state index in [2.05, 4.69) is 11.4 Å². The summed E-state index contributed by atoms with van der Waals surface area (Å²) < 4.78 is 11.0. The van der Waals surface area contributed by atoms with Crippen molar-refractivity contribution in [3.8, 4) is 5.75 Å². The Morgan fingerprint density at radius 1 is 1.29 bits per heavy atom. The fourth-order valence-electron chi connectivity index (χ4n) is 3.73. The van der Waals surface area contributed by atoms with Crippen molar-refractivity contribution in [2.24, 2.45) is 0 Å². The van der Waals surface area contributed by atoms with Crippen LogP contribution in [0.2, 0.25) is 5.02 Å². The number of carbonyl (C=O) groups excluding carboxylic acids is 2. The molecule has 0 aliphatic carbocycles. The summed E-state index contributed by atoms with van der Waals surface area (Å²) in [6.07, 6.45) is 1.58. The number of ether oxygens (including phenoxy) is 2. The van der Waals surface area contributed by atoms with Crippen molar-refractivity contribution in [1.82, 2.24) is 9.80 Å². The monoisotopic (exact) mass is 464 g/mol. The molecule has 0 bridgehead atoms. The highest BCUT2D eigenvalue weighted by Gasteiger charge is 2.34. The first-order valence-corrected chi connectivity index (χ1v) is 11.7. The highest BCUT2D eigenvalue weighted by atomic mass is 35.5. The maximum Gasteiger partial charge on any atom is 0.249 e. The zero-order chi connectivity index (χ0) is 22.4. The van der Waals surface area contributed by atoms with Crippen molar-refractivity contribution in [3.63, 3.8) is 0 Å². The molecule has 0 saturated heterocycles. The van der Waals surface area contributed by atoms with Crippen LogP contribution < -0.4 is 4.74 Å². The van der Waals surface area contributed by atoms with Gasteiger partial charge in [0.05, 0.1) is 6.04 Å². The Morgan fingerprint density at radius 2 is 2.03 bits per heavy atom. The van der Waals surface area contributed by atoms with E-state index in [9.17, 15) is 9.59 Å². The van der Waals surface area contributed by atoms with Crippen molar-refractivity contribution in [3.05, 3.63) is 51.2 Å². The molecule has 0 fully saturated rings. The normalized spacial score (nSPS) is 16.5. The van der Waals surface area contributed by atoms with Gasteiger partial charge < -0.3 is 19.3 Å². The van der Waals surface area contributed by atoms with Crippen LogP contribution in [0.1, 0.15) is 36.8 Å². The first-order valence-electron chi connectivity index (χ1n) is 10.5. The molecule has 2 amide bonds. The van der Waals surface area contributed by atoms with Crippen LogP contribution in [0.15, 0.2) is 35.7 Å². The number of benzene rings is 1. The summed E-state index contributed by atoms with van der Waals surface area (Å²) in [5, 5.41) is 2.70. The highest BCUT2D eigenvalue weighted by Crippen LogP contribution is 2.34. The molecule has 0 saturated carbocycles. The molecule has 0 unspecified atom stereocenters. The summed E-state index contributed by atoms with van der Waals surface area (Å²) in [5.41, 5.74) is 1.12. The van der Waals surface area contributed by atoms with Crippen molar-refractivity contribution >= 4 is 34.8 Å². The molecule has 1 aromatic carbocycles. The van der Waals surface area contributed by atoms with E-state index in [4.69, 9.17) is 21.1 Å². The topological polar surface area (TPSA) is 59.1 Å². The number of carbonyl (C=O) groups is 2. The summed E-state index contributed by atoms with van der Waals surface area (Å²) in [6, 6.07) is 9.02. The van der Waals surface area contributed by atoms with E-state index in [1.807, 2.05) is 30.9 Å². The lowest BCUT2D eigenvalue weighted by Gasteiger charge is -2.38. The predicted octanol–water partition coefficient (Wildman–Crippen LogP) is 4.18. The standard InChI is InChI=1S/C23H29ClN2O4S/c1-4-16(2)26(23(28)15-29-3)13-22(27)25-11-9-21-19(10-12-31-21)20(25)14-30-18-7-5-17(24)6-8-18/h5-8,10,12,16,20H,4,9,11,13-15H2,1-3H3/t16-,20-/m1/s1. The fraction of sp³-hybridized carbons (Fsp3) is 0.478. The Morgan fingerprint density at radius 3 is 2.71 bits per heavy atom. The number of hydrogen-bond acceptors (Lipinski definition) is 5. The van der Waals surface area contributed by atoms with Crippen LogP contribution in [0.3, 0.4) is 0 Å². The van der Waals surface area contributed by atoms with Gasteiger partial charge >= 0.3 is 0 Å². The van der Waals surface area contributed by atoms with E-state index >= 15 is 0 Å². The van der Waals surface area contributed by atoms with Gasteiger partial charge in [-0.25, -0.2) is 0 Å². The van der Waals surface area contributed by atoms with Crippen molar-refractivity contribution < 1.29 is 19.1 Å². The van der Waals surface area contributed by atoms with E-state index in [0.29, 0.717) is 23.9 Å². The van der Waals surface area contributed by atoms with E-state index in [-0.39, 0.29) is 37.0 Å². The second-order valence-electron chi connectivity index (χ2n) is 7.63. The fourth-order valence-corrected chi connectivity index (χ4v) is 4.79. The van der Waals surface area contributed by atoms with Gasteiger partial charge in [-0.2, -0.15) is 0 Å². The molecule has 2 heterocycles. The quantitative estimate of drug-likeness (QED) is 0.558. The number of methoxy groups -OCH3 is 1. The summed E-state index contributed by atoms with van der Waals surface area (Å²) in [5.74, 6) is 0.453. The van der Waals surface area contributed by atoms with Crippen LogP contribution in [0.25, 0.3) is 0 Å². The third kappa shape index (κ3) is 5.79. The lowest BCUT2D eigenvalue weighted by molar-refractivity contribution is -0.146. The minimum Gasteiger partial charge on any atom is -0.491 e. The van der Waals surface area contributed by atoms with Gasteiger partial charge in [-0.05, 0) is 61.0 Å². The minimum absolute atomic E-state index is 0.0323. The van der Waals surface area contributed by atoms with Gasteiger partial charge in [0.1, 0.15) is 25.5 Å². The first-order chi connectivity index (χ1) is 14.9. The Bertz CT molecular complexity index is 886.